The Bertz CT molecular complexity index is 562. The van der Waals surface area contributed by atoms with Gasteiger partial charge < -0.3 is 10.1 Å². The van der Waals surface area contributed by atoms with E-state index in [2.05, 4.69) is 22.4 Å². The maximum absolute atomic E-state index is 5.52. The van der Waals surface area contributed by atoms with Gasteiger partial charge in [0.05, 0.1) is 7.11 Å². The minimum Gasteiger partial charge on any atom is -0.496 e. The molecule has 3 heteroatoms. The van der Waals surface area contributed by atoms with E-state index in [1.807, 2.05) is 24.3 Å². The Balaban J connectivity index is 1.87. The first-order chi connectivity index (χ1) is 9.86. The standard InChI is InChI=1S/C17H20N2O/c1-20-16-10-9-14(19-17-8-4-5-11-18-17)12-15(16)13-6-2-3-7-13/h4-5,8-13H,2-3,6-7H2,1H3,(H,18,19). The van der Waals surface area contributed by atoms with Gasteiger partial charge in [0, 0.05) is 11.9 Å². The zero-order chi connectivity index (χ0) is 13.8. The maximum atomic E-state index is 5.52. The second-order valence-corrected chi connectivity index (χ2v) is 5.28. The summed E-state index contributed by atoms with van der Waals surface area (Å²) in [6.45, 7) is 0. The molecule has 3 nitrogen and oxygen atoms in total. The molecule has 0 aliphatic heterocycles. The Kier molecular flexibility index (Phi) is 3.86. The van der Waals surface area contributed by atoms with Gasteiger partial charge in [-0.2, -0.15) is 0 Å². The van der Waals surface area contributed by atoms with Gasteiger partial charge in [0.1, 0.15) is 11.6 Å². The number of rotatable bonds is 4. The van der Waals surface area contributed by atoms with E-state index in [0.29, 0.717) is 5.92 Å². The largest absolute Gasteiger partial charge is 0.496 e. The first kappa shape index (κ1) is 13.0. The van der Waals surface area contributed by atoms with E-state index in [1.54, 1.807) is 13.3 Å². The molecule has 104 valence electrons. The summed E-state index contributed by atoms with van der Waals surface area (Å²) < 4.78 is 5.52. The Hall–Kier alpha value is -2.03. The Morgan fingerprint density at radius 3 is 2.70 bits per heavy atom. The van der Waals surface area contributed by atoms with E-state index in [9.17, 15) is 0 Å². The third-order valence-electron chi connectivity index (χ3n) is 3.96. The van der Waals surface area contributed by atoms with Crippen LogP contribution in [-0.2, 0) is 0 Å². The molecule has 1 heterocycles. The number of hydrogen-bond donors (Lipinski definition) is 1. The second kappa shape index (κ2) is 5.95. The summed E-state index contributed by atoms with van der Waals surface area (Å²) in [5.74, 6) is 2.51. The molecule has 1 aliphatic carbocycles. The molecule has 0 atom stereocenters. The number of nitrogens with zero attached hydrogens (tertiary/aromatic N) is 1. The third kappa shape index (κ3) is 2.77. The lowest BCUT2D eigenvalue weighted by atomic mass is 9.96. The minimum absolute atomic E-state index is 0.635. The van der Waals surface area contributed by atoms with Gasteiger partial charge >= 0.3 is 0 Å². The number of hydrogen-bond acceptors (Lipinski definition) is 3. The van der Waals surface area contributed by atoms with Crippen molar-refractivity contribution in [2.75, 3.05) is 12.4 Å². The SMILES string of the molecule is COc1ccc(Nc2ccccn2)cc1C1CCCC1. The highest BCUT2D eigenvalue weighted by molar-refractivity contribution is 5.59. The predicted octanol–water partition coefficient (Wildman–Crippen LogP) is 4.49. The summed E-state index contributed by atoms with van der Waals surface area (Å²) in [7, 11) is 1.75. The van der Waals surface area contributed by atoms with Crippen molar-refractivity contribution in [3.8, 4) is 5.75 Å². The first-order valence-electron chi connectivity index (χ1n) is 7.23. The average Bonchev–Trinajstić information content (AvgIpc) is 3.02. The molecule has 0 amide bonds. The van der Waals surface area contributed by atoms with Gasteiger partial charge in [-0.1, -0.05) is 18.9 Å². The summed E-state index contributed by atoms with van der Waals surface area (Å²) in [5.41, 5.74) is 2.40. The quantitative estimate of drug-likeness (QED) is 0.887. The van der Waals surface area contributed by atoms with Crippen LogP contribution in [0.3, 0.4) is 0 Å². The summed E-state index contributed by atoms with van der Waals surface area (Å²) in [6.07, 6.45) is 6.98. The van der Waals surface area contributed by atoms with E-state index in [-0.39, 0.29) is 0 Å². The topological polar surface area (TPSA) is 34.1 Å². The van der Waals surface area contributed by atoms with Crippen LogP contribution >= 0.6 is 0 Å². The monoisotopic (exact) mass is 268 g/mol. The third-order valence-corrected chi connectivity index (χ3v) is 3.96. The van der Waals surface area contributed by atoms with Crippen LogP contribution in [0.2, 0.25) is 0 Å². The maximum Gasteiger partial charge on any atom is 0.130 e. The number of pyridine rings is 1. The van der Waals surface area contributed by atoms with Crippen molar-refractivity contribution in [2.24, 2.45) is 0 Å². The van der Waals surface area contributed by atoms with E-state index >= 15 is 0 Å². The van der Waals surface area contributed by atoms with E-state index in [4.69, 9.17) is 4.74 Å². The van der Waals surface area contributed by atoms with Gasteiger partial charge in [-0.15, -0.1) is 0 Å². The Morgan fingerprint density at radius 2 is 2.00 bits per heavy atom. The zero-order valence-corrected chi connectivity index (χ0v) is 11.8. The fourth-order valence-electron chi connectivity index (χ4n) is 2.95. The lowest BCUT2D eigenvalue weighted by Gasteiger charge is -2.16. The molecule has 1 saturated carbocycles. The molecular formula is C17H20N2O. The molecule has 0 bridgehead atoms. The van der Waals surface area contributed by atoms with Crippen molar-refractivity contribution in [1.82, 2.24) is 4.98 Å². The highest BCUT2D eigenvalue weighted by atomic mass is 16.5. The molecule has 1 aromatic heterocycles. The highest BCUT2D eigenvalue weighted by Gasteiger charge is 2.20. The van der Waals surface area contributed by atoms with Crippen LogP contribution in [0, 0.1) is 0 Å². The van der Waals surface area contributed by atoms with Crippen LogP contribution in [-0.4, -0.2) is 12.1 Å². The summed E-state index contributed by atoms with van der Waals surface area (Å²) in [6, 6.07) is 12.2. The Labute approximate surface area is 120 Å². The fraction of sp³-hybridized carbons (Fsp3) is 0.353. The van der Waals surface area contributed by atoms with Gasteiger partial charge in [-0.3, -0.25) is 0 Å². The van der Waals surface area contributed by atoms with E-state index in [1.165, 1.54) is 31.2 Å². The van der Waals surface area contributed by atoms with Crippen molar-refractivity contribution >= 4 is 11.5 Å². The molecule has 1 aliphatic rings. The normalized spacial score (nSPS) is 15.2. The molecule has 0 unspecified atom stereocenters. The molecular weight excluding hydrogens is 248 g/mol. The van der Waals surface area contributed by atoms with Gasteiger partial charge in [0.25, 0.3) is 0 Å². The summed E-state index contributed by atoms with van der Waals surface area (Å²) >= 11 is 0. The first-order valence-corrected chi connectivity index (χ1v) is 7.23. The van der Waals surface area contributed by atoms with Gasteiger partial charge in [0.15, 0.2) is 0 Å². The number of nitrogens with one attached hydrogen (secondary N) is 1. The molecule has 0 radical (unpaired) electrons. The smallest absolute Gasteiger partial charge is 0.130 e. The number of methoxy groups -OCH3 is 1. The van der Waals surface area contributed by atoms with Crippen LogP contribution in [0.5, 0.6) is 5.75 Å². The lowest BCUT2D eigenvalue weighted by Crippen LogP contribution is -2.00. The molecule has 1 aromatic carbocycles. The van der Waals surface area contributed by atoms with Crippen molar-refractivity contribution in [1.29, 1.82) is 0 Å². The number of anilines is 2. The van der Waals surface area contributed by atoms with Crippen molar-refractivity contribution in [3.05, 3.63) is 48.2 Å². The number of benzene rings is 1. The minimum atomic E-state index is 0.635. The van der Waals surface area contributed by atoms with Crippen molar-refractivity contribution < 1.29 is 4.74 Å². The molecule has 1 N–H and O–H groups in total. The molecule has 20 heavy (non-hydrogen) atoms. The lowest BCUT2D eigenvalue weighted by molar-refractivity contribution is 0.405. The van der Waals surface area contributed by atoms with E-state index in [0.717, 1.165) is 17.3 Å². The molecule has 0 saturated heterocycles. The second-order valence-electron chi connectivity index (χ2n) is 5.28. The molecule has 2 aromatic rings. The average molecular weight is 268 g/mol. The highest BCUT2D eigenvalue weighted by Crippen LogP contribution is 2.40. The van der Waals surface area contributed by atoms with Crippen LogP contribution in [0.1, 0.15) is 37.2 Å². The van der Waals surface area contributed by atoms with E-state index < -0.39 is 0 Å². The van der Waals surface area contributed by atoms with Crippen LogP contribution in [0.25, 0.3) is 0 Å². The summed E-state index contributed by atoms with van der Waals surface area (Å²) in [5, 5.41) is 3.35. The summed E-state index contributed by atoms with van der Waals surface area (Å²) in [4.78, 5) is 4.30. The number of ether oxygens (including phenoxy) is 1. The number of aromatic nitrogens is 1. The van der Waals surface area contributed by atoms with Gasteiger partial charge in [-0.25, -0.2) is 4.98 Å². The predicted molar refractivity (Wildman–Crippen MR) is 81.7 cm³/mol. The van der Waals surface area contributed by atoms with Crippen LogP contribution < -0.4 is 10.1 Å². The van der Waals surface area contributed by atoms with Gasteiger partial charge in [-0.05, 0) is 54.7 Å². The molecule has 3 rings (SSSR count). The molecule has 1 fully saturated rings. The zero-order valence-electron chi connectivity index (χ0n) is 11.8. The fourth-order valence-corrected chi connectivity index (χ4v) is 2.95. The van der Waals surface area contributed by atoms with Crippen LogP contribution in [0.15, 0.2) is 42.6 Å². The van der Waals surface area contributed by atoms with Crippen molar-refractivity contribution in [3.63, 3.8) is 0 Å². The van der Waals surface area contributed by atoms with Crippen LogP contribution in [0.4, 0.5) is 11.5 Å². The van der Waals surface area contributed by atoms with Crippen molar-refractivity contribution in [2.45, 2.75) is 31.6 Å². The molecule has 0 spiro atoms. The Morgan fingerprint density at radius 1 is 1.15 bits per heavy atom. The van der Waals surface area contributed by atoms with Gasteiger partial charge in [0.2, 0.25) is 0 Å².